The quantitative estimate of drug-likeness (QED) is 0.755. The molecule has 138 valence electrons. The summed E-state index contributed by atoms with van der Waals surface area (Å²) in [7, 11) is 1.95. The largest absolute Gasteiger partial charge is 0.366 e. The van der Waals surface area contributed by atoms with Gasteiger partial charge in [-0.2, -0.15) is 0 Å². The molecule has 2 bridgehead atoms. The zero-order valence-electron chi connectivity index (χ0n) is 15.4. The van der Waals surface area contributed by atoms with Crippen molar-refractivity contribution in [3.63, 3.8) is 0 Å². The van der Waals surface area contributed by atoms with Crippen LogP contribution in [0.15, 0.2) is 30.5 Å². The Morgan fingerprint density at radius 1 is 1.33 bits per heavy atom. The molecule has 4 heterocycles. The van der Waals surface area contributed by atoms with Gasteiger partial charge in [0.05, 0.1) is 11.7 Å². The van der Waals surface area contributed by atoms with E-state index in [9.17, 15) is 9.59 Å². The smallest absolute Gasteiger partial charge is 0.329 e. The van der Waals surface area contributed by atoms with Crippen molar-refractivity contribution < 1.29 is 9.59 Å². The van der Waals surface area contributed by atoms with Gasteiger partial charge in [-0.05, 0) is 37.6 Å². The first-order valence-electron chi connectivity index (χ1n) is 9.14. The molecule has 0 aromatic carbocycles. The van der Waals surface area contributed by atoms with Gasteiger partial charge >= 0.3 is 6.03 Å². The number of pyridine rings is 2. The first-order chi connectivity index (χ1) is 13.1. The minimum Gasteiger partial charge on any atom is -0.366 e. The van der Waals surface area contributed by atoms with Crippen LogP contribution in [-0.2, 0) is 0 Å². The van der Waals surface area contributed by atoms with Gasteiger partial charge in [-0.1, -0.05) is 5.46 Å². The van der Waals surface area contributed by atoms with E-state index in [0.29, 0.717) is 23.9 Å². The molecule has 4 rings (SSSR count). The zero-order valence-corrected chi connectivity index (χ0v) is 15.4. The fraction of sp³-hybridized carbons (Fsp3) is 0.333. The summed E-state index contributed by atoms with van der Waals surface area (Å²) in [5.41, 5.74) is 2.21. The van der Waals surface area contributed by atoms with Crippen LogP contribution in [0.25, 0.3) is 0 Å². The third-order valence-electron chi connectivity index (χ3n) is 4.89. The maximum Gasteiger partial charge on any atom is 0.329 e. The van der Waals surface area contributed by atoms with Crippen LogP contribution in [0.4, 0.5) is 22.1 Å². The highest BCUT2D eigenvalue weighted by Crippen LogP contribution is 2.39. The number of nitrogens with zero attached hydrogens (tertiary/aromatic N) is 4. The van der Waals surface area contributed by atoms with Gasteiger partial charge in [-0.3, -0.25) is 15.0 Å². The molecule has 27 heavy (non-hydrogen) atoms. The zero-order chi connectivity index (χ0) is 19.0. The molecule has 2 aromatic heterocycles. The average molecular weight is 364 g/mol. The number of amides is 3. The first kappa shape index (κ1) is 17.3. The van der Waals surface area contributed by atoms with Crippen LogP contribution >= 0.6 is 0 Å². The number of anilines is 3. The van der Waals surface area contributed by atoms with Gasteiger partial charge in [0, 0.05) is 25.8 Å². The Balaban J connectivity index is 1.68. The summed E-state index contributed by atoms with van der Waals surface area (Å²) in [6.07, 6.45) is 2.53. The van der Waals surface area contributed by atoms with Crippen molar-refractivity contribution in [3.8, 4) is 0 Å². The molecule has 1 fully saturated rings. The predicted octanol–water partition coefficient (Wildman–Crippen LogP) is 0.116. The number of carbonyl (C=O) groups excluding carboxylic acids is 2. The molecule has 1 unspecified atom stereocenters. The van der Waals surface area contributed by atoms with E-state index in [0.717, 1.165) is 30.7 Å². The molecule has 0 spiro atoms. The summed E-state index contributed by atoms with van der Waals surface area (Å²) in [5.74, 6) is 0.786. The van der Waals surface area contributed by atoms with E-state index < -0.39 is 0 Å². The Bertz CT molecular complexity index is 905. The lowest BCUT2D eigenvalue weighted by molar-refractivity contribution is 0.0951. The lowest BCUT2D eigenvalue weighted by Crippen LogP contribution is -2.48. The highest BCUT2D eigenvalue weighted by atomic mass is 16.2. The van der Waals surface area contributed by atoms with Crippen LogP contribution in [0.2, 0.25) is 0 Å². The van der Waals surface area contributed by atoms with Gasteiger partial charge in [0.1, 0.15) is 19.4 Å². The van der Waals surface area contributed by atoms with Crippen molar-refractivity contribution >= 4 is 42.6 Å². The second-order valence-electron chi connectivity index (χ2n) is 6.81. The van der Waals surface area contributed by atoms with Crippen molar-refractivity contribution in [1.29, 1.82) is 0 Å². The first-order valence-corrected chi connectivity index (χ1v) is 9.14. The maximum absolute atomic E-state index is 13.1. The molecule has 3 amide bonds. The number of nitrogens with one attached hydrogen (secondary N) is 2. The van der Waals surface area contributed by atoms with Gasteiger partial charge in [0.2, 0.25) is 0 Å². The summed E-state index contributed by atoms with van der Waals surface area (Å²) in [4.78, 5) is 37.9. The van der Waals surface area contributed by atoms with Gasteiger partial charge in [0.15, 0.2) is 5.82 Å². The third-order valence-corrected chi connectivity index (χ3v) is 4.89. The van der Waals surface area contributed by atoms with E-state index in [4.69, 9.17) is 0 Å². The van der Waals surface area contributed by atoms with Crippen LogP contribution in [0.5, 0.6) is 0 Å². The highest BCUT2D eigenvalue weighted by Gasteiger charge is 2.40. The molecule has 0 saturated carbocycles. The summed E-state index contributed by atoms with van der Waals surface area (Å²) in [6.45, 7) is 4.02. The molecule has 2 N–H and O–H groups in total. The fourth-order valence-electron chi connectivity index (χ4n) is 3.62. The second-order valence-corrected chi connectivity index (χ2v) is 6.81. The Morgan fingerprint density at radius 3 is 2.96 bits per heavy atom. The van der Waals surface area contributed by atoms with Gasteiger partial charge < -0.3 is 10.2 Å². The van der Waals surface area contributed by atoms with Crippen molar-refractivity contribution in [1.82, 2.24) is 15.3 Å². The van der Waals surface area contributed by atoms with Crippen LogP contribution in [0.3, 0.4) is 0 Å². The molecular weight excluding hydrogens is 343 g/mol. The fourth-order valence-corrected chi connectivity index (χ4v) is 3.62. The van der Waals surface area contributed by atoms with Crippen molar-refractivity contribution in [2.45, 2.75) is 19.4 Å². The summed E-state index contributed by atoms with van der Waals surface area (Å²) < 4.78 is 0. The number of carbonyl (C=O) groups is 2. The second kappa shape index (κ2) is 6.90. The van der Waals surface area contributed by atoms with E-state index >= 15 is 0 Å². The Labute approximate surface area is 158 Å². The van der Waals surface area contributed by atoms with E-state index in [1.165, 1.54) is 0 Å². The van der Waals surface area contributed by atoms with Crippen LogP contribution in [-0.4, -0.2) is 55.4 Å². The monoisotopic (exact) mass is 364 g/mol. The molecule has 2 aromatic rings. The lowest BCUT2D eigenvalue weighted by Gasteiger charge is -2.35. The molecule has 2 aliphatic heterocycles. The van der Waals surface area contributed by atoms with Crippen molar-refractivity contribution in [3.05, 3.63) is 36.2 Å². The number of hydrogen-bond donors (Lipinski definition) is 2. The Morgan fingerprint density at radius 2 is 2.19 bits per heavy atom. The highest BCUT2D eigenvalue weighted by molar-refractivity contribution is 6.32. The minimum atomic E-state index is -0.276. The summed E-state index contributed by atoms with van der Waals surface area (Å²) >= 11 is 0. The van der Waals surface area contributed by atoms with E-state index in [-0.39, 0.29) is 18.0 Å². The summed E-state index contributed by atoms with van der Waals surface area (Å²) in [6, 6.07) is 7.03. The Kier molecular flexibility index (Phi) is 4.43. The summed E-state index contributed by atoms with van der Waals surface area (Å²) in [5, 5.41) is 5.62. The SMILES string of the molecule is Bc1ccnc(NC(=O)N2c3nc(C(=O)NCC)ccc3N3CCC2C3)c1. The number of aromatic nitrogens is 2. The van der Waals surface area contributed by atoms with Crippen molar-refractivity contribution in [2.75, 3.05) is 34.8 Å². The molecule has 8 nitrogen and oxygen atoms in total. The number of fused-ring (bicyclic) bond motifs is 4. The normalized spacial score (nSPS) is 17.4. The molecule has 1 saturated heterocycles. The predicted molar refractivity (Wildman–Crippen MR) is 107 cm³/mol. The van der Waals surface area contributed by atoms with Gasteiger partial charge in [-0.15, -0.1) is 0 Å². The molecule has 2 aliphatic rings. The number of rotatable bonds is 3. The van der Waals surface area contributed by atoms with Crippen molar-refractivity contribution in [2.24, 2.45) is 0 Å². The Hall–Kier alpha value is -3.10. The maximum atomic E-state index is 13.1. The van der Waals surface area contributed by atoms with Gasteiger partial charge in [0.25, 0.3) is 5.91 Å². The topological polar surface area (TPSA) is 90.5 Å². The third kappa shape index (κ3) is 3.20. The van der Waals surface area contributed by atoms with E-state index in [1.807, 2.05) is 33.0 Å². The van der Waals surface area contributed by atoms with Crippen LogP contribution in [0, 0.1) is 0 Å². The lowest BCUT2D eigenvalue weighted by atomic mass is 9.98. The molecule has 1 atom stereocenters. The van der Waals surface area contributed by atoms with E-state index in [1.54, 1.807) is 17.2 Å². The number of urea groups is 1. The molecule has 0 aliphatic carbocycles. The van der Waals surface area contributed by atoms with Crippen LogP contribution < -0.4 is 25.9 Å². The minimum absolute atomic E-state index is 0.0271. The average Bonchev–Trinajstić information content (AvgIpc) is 3.06. The van der Waals surface area contributed by atoms with Gasteiger partial charge in [-0.25, -0.2) is 14.8 Å². The number of hydrogen-bond acceptors (Lipinski definition) is 5. The standard InChI is InChI=1S/C18H21BN6O2/c1-2-20-17(26)13-3-4-14-16(22-13)25(12-6-8-24(14)10-12)18(27)23-15-9-11(19)5-7-21-15/h3-5,7,9,12H,2,6,8,10,19H2,1H3,(H,20,26)(H,21,23,27). The van der Waals surface area contributed by atoms with Crippen LogP contribution in [0.1, 0.15) is 23.8 Å². The molecular formula is C18H21BN6O2. The van der Waals surface area contributed by atoms with E-state index in [2.05, 4.69) is 25.5 Å². The molecule has 0 radical (unpaired) electrons. The molecule has 9 heteroatoms.